The van der Waals surface area contributed by atoms with Crippen LogP contribution in [-0.4, -0.2) is 29.9 Å². The number of hydrogen-bond acceptors (Lipinski definition) is 3. The van der Waals surface area contributed by atoms with Crippen molar-refractivity contribution >= 4 is 5.69 Å². The molecule has 3 aliphatic heterocycles. The van der Waals surface area contributed by atoms with Crippen molar-refractivity contribution < 1.29 is 4.74 Å². The van der Waals surface area contributed by atoms with E-state index in [1.165, 1.54) is 24.2 Å². The SMILES string of the molecule is CCCCOc1cccc(-c2n[nH]c3c2N2CCC3CC2)c1. The smallest absolute Gasteiger partial charge is 0.119 e. The second kappa shape index (κ2) is 5.67. The van der Waals surface area contributed by atoms with Crippen molar-refractivity contribution in [2.45, 2.75) is 38.5 Å². The van der Waals surface area contributed by atoms with Gasteiger partial charge in [-0.2, -0.15) is 5.10 Å². The van der Waals surface area contributed by atoms with Crippen molar-refractivity contribution in [1.29, 1.82) is 0 Å². The zero-order valence-corrected chi connectivity index (χ0v) is 13.1. The summed E-state index contributed by atoms with van der Waals surface area (Å²) < 4.78 is 5.84. The third-order valence-electron chi connectivity index (χ3n) is 4.86. The van der Waals surface area contributed by atoms with Crippen LogP contribution in [0.4, 0.5) is 5.69 Å². The van der Waals surface area contributed by atoms with Crippen LogP contribution in [0.15, 0.2) is 24.3 Å². The minimum absolute atomic E-state index is 0.672. The number of ether oxygens (including phenoxy) is 1. The minimum atomic E-state index is 0.672. The van der Waals surface area contributed by atoms with Gasteiger partial charge in [0.1, 0.15) is 11.4 Å². The van der Waals surface area contributed by atoms with Crippen molar-refractivity contribution in [3.05, 3.63) is 30.0 Å². The van der Waals surface area contributed by atoms with Gasteiger partial charge < -0.3 is 9.64 Å². The van der Waals surface area contributed by atoms with Gasteiger partial charge in [-0.3, -0.25) is 5.10 Å². The molecule has 2 aromatic rings. The molecular formula is C18H23N3O. The average molecular weight is 297 g/mol. The van der Waals surface area contributed by atoms with E-state index in [2.05, 4.69) is 40.2 Å². The molecule has 1 N–H and O–H groups in total. The van der Waals surface area contributed by atoms with E-state index in [9.17, 15) is 0 Å². The molecule has 3 aliphatic rings. The van der Waals surface area contributed by atoms with Gasteiger partial charge in [-0.15, -0.1) is 0 Å². The fourth-order valence-electron chi connectivity index (χ4n) is 3.61. The van der Waals surface area contributed by atoms with Gasteiger partial charge in [0.2, 0.25) is 0 Å². The zero-order chi connectivity index (χ0) is 14.9. The highest BCUT2D eigenvalue weighted by Crippen LogP contribution is 2.45. The highest BCUT2D eigenvalue weighted by molar-refractivity contribution is 5.79. The molecule has 0 amide bonds. The summed E-state index contributed by atoms with van der Waals surface area (Å²) in [5.41, 5.74) is 4.90. The number of piperidine rings is 1. The fourth-order valence-corrected chi connectivity index (χ4v) is 3.61. The molecule has 4 heteroatoms. The average Bonchev–Trinajstić information content (AvgIpc) is 3.04. The van der Waals surface area contributed by atoms with E-state index < -0.39 is 0 Å². The van der Waals surface area contributed by atoms with Crippen molar-refractivity contribution in [3.8, 4) is 17.0 Å². The Morgan fingerprint density at radius 3 is 3.00 bits per heavy atom. The summed E-state index contributed by atoms with van der Waals surface area (Å²) in [5.74, 6) is 1.61. The minimum Gasteiger partial charge on any atom is -0.494 e. The van der Waals surface area contributed by atoms with Gasteiger partial charge in [0.25, 0.3) is 0 Å². The quantitative estimate of drug-likeness (QED) is 0.849. The first-order valence-corrected chi connectivity index (χ1v) is 8.43. The largest absolute Gasteiger partial charge is 0.494 e. The molecule has 5 rings (SSSR count). The lowest BCUT2D eigenvalue weighted by molar-refractivity contribution is 0.309. The number of hydrogen-bond donors (Lipinski definition) is 1. The first-order chi connectivity index (χ1) is 10.9. The number of aromatic amines is 1. The summed E-state index contributed by atoms with van der Waals surface area (Å²) in [5, 5.41) is 7.92. The number of fused-ring (bicyclic) bond motifs is 2. The molecule has 4 heterocycles. The van der Waals surface area contributed by atoms with E-state index in [1.54, 1.807) is 0 Å². The first kappa shape index (κ1) is 13.7. The number of anilines is 1. The number of rotatable bonds is 5. The molecule has 0 aliphatic carbocycles. The predicted octanol–water partition coefficient (Wildman–Crippen LogP) is 3.95. The Balaban J connectivity index is 1.64. The van der Waals surface area contributed by atoms with Crippen LogP contribution in [-0.2, 0) is 0 Å². The summed E-state index contributed by atoms with van der Waals surface area (Å²) in [4.78, 5) is 2.48. The molecule has 0 atom stereocenters. The summed E-state index contributed by atoms with van der Waals surface area (Å²) in [6.45, 7) is 5.29. The molecule has 4 nitrogen and oxygen atoms in total. The molecule has 2 bridgehead atoms. The third kappa shape index (κ3) is 2.27. The van der Waals surface area contributed by atoms with E-state index in [0.29, 0.717) is 5.92 Å². The van der Waals surface area contributed by atoms with E-state index in [1.807, 2.05) is 6.07 Å². The number of H-pyrrole nitrogens is 1. The summed E-state index contributed by atoms with van der Waals surface area (Å²) >= 11 is 0. The van der Waals surface area contributed by atoms with Crippen LogP contribution in [0.5, 0.6) is 5.75 Å². The van der Waals surface area contributed by atoms with E-state index in [4.69, 9.17) is 4.74 Å². The fraction of sp³-hybridized carbons (Fsp3) is 0.500. The Morgan fingerprint density at radius 2 is 2.18 bits per heavy atom. The zero-order valence-electron chi connectivity index (χ0n) is 13.1. The molecule has 1 aromatic heterocycles. The first-order valence-electron chi connectivity index (χ1n) is 8.43. The normalized spacial score (nSPS) is 16.9. The van der Waals surface area contributed by atoms with Crippen molar-refractivity contribution in [2.24, 2.45) is 0 Å². The highest BCUT2D eigenvalue weighted by Gasteiger charge is 2.35. The van der Waals surface area contributed by atoms with Gasteiger partial charge in [0.15, 0.2) is 0 Å². The lowest BCUT2D eigenvalue weighted by Crippen LogP contribution is -2.38. The van der Waals surface area contributed by atoms with E-state index in [-0.39, 0.29) is 0 Å². The van der Waals surface area contributed by atoms with Gasteiger partial charge in [-0.1, -0.05) is 25.5 Å². The molecule has 0 spiro atoms. The van der Waals surface area contributed by atoms with Crippen LogP contribution >= 0.6 is 0 Å². The molecule has 0 saturated carbocycles. The number of unbranched alkanes of at least 4 members (excludes halogenated alkanes) is 1. The number of benzene rings is 1. The maximum absolute atomic E-state index is 5.84. The molecule has 1 saturated heterocycles. The summed E-state index contributed by atoms with van der Waals surface area (Å²) in [6.07, 6.45) is 4.77. The monoisotopic (exact) mass is 297 g/mol. The van der Waals surface area contributed by atoms with Crippen LogP contribution in [0.2, 0.25) is 0 Å². The van der Waals surface area contributed by atoms with Crippen molar-refractivity contribution in [1.82, 2.24) is 10.2 Å². The summed E-state index contributed by atoms with van der Waals surface area (Å²) in [7, 11) is 0. The van der Waals surface area contributed by atoms with E-state index in [0.717, 1.165) is 49.5 Å². The number of aromatic nitrogens is 2. The van der Waals surface area contributed by atoms with Crippen LogP contribution in [0.1, 0.15) is 44.2 Å². The molecule has 0 radical (unpaired) electrons. The molecule has 0 unspecified atom stereocenters. The Bertz CT molecular complexity index is 656. The molecule has 1 fully saturated rings. The van der Waals surface area contributed by atoms with Crippen LogP contribution in [0, 0.1) is 0 Å². The van der Waals surface area contributed by atoms with Crippen LogP contribution < -0.4 is 9.64 Å². The molecule has 116 valence electrons. The predicted molar refractivity (Wildman–Crippen MR) is 88.6 cm³/mol. The standard InChI is InChI=1S/C18H23N3O/c1-2-3-11-22-15-6-4-5-14(12-15)17-18-16(19-20-17)13-7-9-21(18)10-8-13/h4-6,12-13H,2-3,7-11H2,1H3,(H,19,20). The molecule has 22 heavy (non-hydrogen) atoms. The lowest BCUT2D eigenvalue weighted by atomic mass is 9.86. The van der Waals surface area contributed by atoms with Crippen LogP contribution in [0.3, 0.4) is 0 Å². The second-order valence-electron chi connectivity index (χ2n) is 6.33. The van der Waals surface area contributed by atoms with Gasteiger partial charge in [-0.05, 0) is 31.4 Å². The summed E-state index contributed by atoms with van der Waals surface area (Å²) in [6, 6.07) is 8.35. The molecular weight excluding hydrogens is 274 g/mol. The number of nitrogens with zero attached hydrogens (tertiary/aromatic N) is 2. The van der Waals surface area contributed by atoms with Crippen molar-refractivity contribution in [3.63, 3.8) is 0 Å². The molecule has 1 aromatic carbocycles. The Morgan fingerprint density at radius 1 is 1.32 bits per heavy atom. The second-order valence-corrected chi connectivity index (χ2v) is 6.33. The third-order valence-corrected chi connectivity index (χ3v) is 4.86. The van der Waals surface area contributed by atoms with Gasteiger partial charge in [-0.25, -0.2) is 0 Å². The maximum Gasteiger partial charge on any atom is 0.119 e. The van der Waals surface area contributed by atoms with Crippen LogP contribution in [0.25, 0.3) is 11.3 Å². The van der Waals surface area contributed by atoms with E-state index >= 15 is 0 Å². The van der Waals surface area contributed by atoms with Gasteiger partial charge >= 0.3 is 0 Å². The Hall–Kier alpha value is -1.97. The highest BCUT2D eigenvalue weighted by atomic mass is 16.5. The Kier molecular flexibility index (Phi) is 3.53. The topological polar surface area (TPSA) is 41.1 Å². The Labute approximate surface area is 131 Å². The van der Waals surface area contributed by atoms with Gasteiger partial charge in [0, 0.05) is 24.6 Å². The maximum atomic E-state index is 5.84. The van der Waals surface area contributed by atoms with Gasteiger partial charge in [0.05, 0.1) is 18.0 Å². The number of nitrogens with one attached hydrogen (secondary N) is 1. The lowest BCUT2D eigenvalue weighted by Gasteiger charge is -2.40. The van der Waals surface area contributed by atoms with Crippen molar-refractivity contribution in [2.75, 3.05) is 24.6 Å².